The Morgan fingerprint density at radius 2 is 1.67 bits per heavy atom. The Balaban J connectivity index is 3.67. The Bertz CT molecular complexity index is 107. The molecule has 0 spiro atoms. The number of rotatable bonds is 6. The van der Waals surface area contributed by atoms with Gasteiger partial charge in [0.05, 0.1) is 16.1 Å². The molecule has 0 aliphatic rings. The van der Waals surface area contributed by atoms with Crippen molar-refractivity contribution in [1.82, 2.24) is 0 Å². The van der Waals surface area contributed by atoms with E-state index in [0.717, 1.165) is 19.3 Å². The number of hydrogen-bond donors (Lipinski definition) is 0. The Kier molecular flexibility index (Phi) is 8.28. The first-order valence-corrected chi connectivity index (χ1v) is 5.96. The fourth-order valence-electron chi connectivity index (χ4n) is 0.870. The van der Waals surface area contributed by atoms with Crippen molar-refractivity contribution >= 4 is 46.4 Å². The summed E-state index contributed by atoms with van der Waals surface area (Å²) < 4.78 is 0. The van der Waals surface area contributed by atoms with Crippen LogP contribution in [0.15, 0.2) is 0 Å². The van der Waals surface area contributed by atoms with Crippen LogP contribution in [-0.2, 0) is 0 Å². The topological polar surface area (TPSA) is 0 Å². The van der Waals surface area contributed by atoms with Crippen molar-refractivity contribution in [2.24, 2.45) is 0 Å². The number of unbranched alkanes of at least 4 members (excludes halogenated alkanes) is 1. The van der Waals surface area contributed by atoms with Gasteiger partial charge in [0.1, 0.15) is 0 Å². The lowest BCUT2D eigenvalue weighted by atomic mass is 10.1. The molecule has 0 aliphatic carbocycles. The molecule has 0 radical (unpaired) electrons. The molecule has 12 heavy (non-hydrogen) atoms. The zero-order valence-corrected chi connectivity index (χ0v) is 10.1. The standard InChI is InChI=1S/C8H14Cl4/c1-2-3-4-6(10)8(12)7(11)5-9/h6-8H,2-5H2,1H3. The molecule has 0 bridgehead atoms. The first-order valence-electron chi connectivity index (χ1n) is 4.11. The van der Waals surface area contributed by atoms with Crippen LogP contribution in [0.3, 0.4) is 0 Å². The van der Waals surface area contributed by atoms with Crippen LogP contribution in [0.2, 0.25) is 0 Å². The number of alkyl halides is 4. The molecule has 4 heteroatoms. The molecular weight excluding hydrogens is 238 g/mol. The van der Waals surface area contributed by atoms with E-state index in [0.29, 0.717) is 5.88 Å². The predicted molar refractivity (Wildman–Crippen MR) is 59.2 cm³/mol. The van der Waals surface area contributed by atoms with Gasteiger partial charge in [-0.15, -0.1) is 46.4 Å². The smallest absolute Gasteiger partial charge is 0.0674 e. The number of hydrogen-bond acceptors (Lipinski definition) is 0. The van der Waals surface area contributed by atoms with Crippen molar-refractivity contribution in [3.05, 3.63) is 0 Å². The van der Waals surface area contributed by atoms with E-state index in [4.69, 9.17) is 46.4 Å². The van der Waals surface area contributed by atoms with E-state index in [-0.39, 0.29) is 16.1 Å². The second kappa shape index (κ2) is 7.55. The maximum absolute atomic E-state index is 6.01. The van der Waals surface area contributed by atoms with Crippen LogP contribution in [0.5, 0.6) is 0 Å². The highest BCUT2D eigenvalue weighted by atomic mass is 35.5. The predicted octanol–water partition coefficient (Wildman–Crippen LogP) is 4.24. The molecule has 0 fully saturated rings. The molecular formula is C8H14Cl4. The molecule has 0 aromatic carbocycles. The van der Waals surface area contributed by atoms with E-state index in [2.05, 4.69) is 6.92 Å². The van der Waals surface area contributed by atoms with Crippen LogP contribution in [-0.4, -0.2) is 22.0 Å². The zero-order chi connectivity index (χ0) is 9.56. The van der Waals surface area contributed by atoms with Gasteiger partial charge in [0.2, 0.25) is 0 Å². The van der Waals surface area contributed by atoms with Crippen molar-refractivity contribution in [2.75, 3.05) is 5.88 Å². The summed E-state index contributed by atoms with van der Waals surface area (Å²) in [4.78, 5) is 0. The van der Waals surface area contributed by atoms with Crippen molar-refractivity contribution in [1.29, 1.82) is 0 Å². The van der Waals surface area contributed by atoms with Gasteiger partial charge in [-0.05, 0) is 6.42 Å². The average molecular weight is 252 g/mol. The maximum atomic E-state index is 6.01. The molecule has 0 amide bonds. The maximum Gasteiger partial charge on any atom is 0.0674 e. The van der Waals surface area contributed by atoms with Crippen LogP contribution >= 0.6 is 46.4 Å². The summed E-state index contributed by atoms with van der Waals surface area (Å²) in [5, 5.41) is -0.516. The number of halogens is 4. The molecule has 3 unspecified atom stereocenters. The van der Waals surface area contributed by atoms with Crippen molar-refractivity contribution in [3.8, 4) is 0 Å². The van der Waals surface area contributed by atoms with Gasteiger partial charge in [-0.1, -0.05) is 19.8 Å². The Hall–Kier alpha value is 1.16. The fourth-order valence-corrected chi connectivity index (χ4v) is 1.95. The molecule has 0 aromatic heterocycles. The molecule has 0 nitrogen and oxygen atoms in total. The lowest BCUT2D eigenvalue weighted by Crippen LogP contribution is -2.26. The third kappa shape index (κ3) is 5.01. The van der Waals surface area contributed by atoms with Gasteiger partial charge in [-0.2, -0.15) is 0 Å². The van der Waals surface area contributed by atoms with E-state index < -0.39 is 0 Å². The van der Waals surface area contributed by atoms with E-state index in [9.17, 15) is 0 Å². The average Bonchev–Trinajstić information content (AvgIpc) is 2.11. The molecule has 0 rings (SSSR count). The summed E-state index contributed by atoms with van der Waals surface area (Å²) in [5.74, 6) is 0.352. The van der Waals surface area contributed by atoms with Crippen molar-refractivity contribution in [3.63, 3.8) is 0 Å². The van der Waals surface area contributed by atoms with E-state index in [1.54, 1.807) is 0 Å². The molecule has 0 aromatic rings. The Morgan fingerprint density at radius 3 is 2.08 bits per heavy atom. The van der Waals surface area contributed by atoms with Gasteiger partial charge >= 0.3 is 0 Å². The molecule has 0 saturated carbocycles. The summed E-state index contributed by atoms with van der Waals surface area (Å²) in [6.07, 6.45) is 3.12. The lowest BCUT2D eigenvalue weighted by molar-refractivity contribution is 0.642. The van der Waals surface area contributed by atoms with Crippen LogP contribution in [0.25, 0.3) is 0 Å². The first kappa shape index (κ1) is 13.2. The van der Waals surface area contributed by atoms with Gasteiger partial charge in [-0.25, -0.2) is 0 Å². The molecule has 0 N–H and O–H groups in total. The van der Waals surface area contributed by atoms with Crippen LogP contribution in [0.4, 0.5) is 0 Å². The minimum absolute atomic E-state index is 0.0622. The minimum Gasteiger partial charge on any atom is -0.125 e. The quantitative estimate of drug-likeness (QED) is 0.620. The van der Waals surface area contributed by atoms with Gasteiger partial charge in [0, 0.05) is 5.88 Å². The fraction of sp³-hybridized carbons (Fsp3) is 1.00. The van der Waals surface area contributed by atoms with Crippen molar-refractivity contribution in [2.45, 2.75) is 42.3 Å². The summed E-state index contributed by atoms with van der Waals surface area (Å²) >= 11 is 23.4. The van der Waals surface area contributed by atoms with Crippen molar-refractivity contribution < 1.29 is 0 Å². The van der Waals surface area contributed by atoms with Crippen LogP contribution < -0.4 is 0 Å². The zero-order valence-electron chi connectivity index (χ0n) is 7.07. The SMILES string of the molecule is CCCCC(Cl)C(Cl)C(Cl)CCl. The lowest BCUT2D eigenvalue weighted by Gasteiger charge is -2.18. The highest BCUT2D eigenvalue weighted by molar-refractivity contribution is 6.37. The summed E-state index contributed by atoms with van der Waals surface area (Å²) in [5.41, 5.74) is 0. The highest BCUT2D eigenvalue weighted by Crippen LogP contribution is 2.23. The second-order valence-corrected chi connectivity index (χ2v) is 4.71. The molecule has 74 valence electrons. The monoisotopic (exact) mass is 250 g/mol. The molecule has 0 heterocycles. The Morgan fingerprint density at radius 1 is 1.08 bits per heavy atom. The highest BCUT2D eigenvalue weighted by Gasteiger charge is 2.23. The van der Waals surface area contributed by atoms with Gasteiger partial charge in [-0.3, -0.25) is 0 Å². The van der Waals surface area contributed by atoms with Gasteiger partial charge in [0.15, 0.2) is 0 Å². The summed E-state index contributed by atoms with van der Waals surface area (Å²) in [7, 11) is 0. The molecule has 3 atom stereocenters. The Labute approximate surface area is 94.5 Å². The summed E-state index contributed by atoms with van der Waals surface area (Å²) in [6, 6.07) is 0. The second-order valence-electron chi connectivity index (χ2n) is 2.77. The normalized spacial score (nSPS) is 18.8. The van der Waals surface area contributed by atoms with E-state index in [1.165, 1.54) is 0 Å². The summed E-state index contributed by atoms with van der Waals surface area (Å²) in [6.45, 7) is 2.12. The van der Waals surface area contributed by atoms with Crippen LogP contribution in [0.1, 0.15) is 26.2 Å². The van der Waals surface area contributed by atoms with E-state index in [1.807, 2.05) is 0 Å². The molecule has 0 aliphatic heterocycles. The van der Waals surface area contributed by atoms with Gasteiger partial charge < -0.3 is 0 Å². The third-order valence-electron chi connectivity index (χ3n) is 1.67. The van der Waals surface area contributed by atoms with Gasteiger partial charge in [0.25, 0.3) is 0 Å². The minimum atomic E-state index is -0.229. The first-order chi connectivity index (χ1) is 5.63. The third-order valence-corrected chi connectivity index (χ3v) is 3.94. The molecule has 0 saturated heterocycles. The van der Waals surface area contributed by atoms with Crippen LogP contribution in [0, 0.1) is 0 Å². The largest absolute Gasteiger partial charge is 0.125 e. The van der Waals surface area contributed by atoms with E-state index >= 15 is 0 Å².